The smallest absolute Gasteiger partial charge is 0.259 e. The minimum Gasteiger partial charge on any atom is -0.507 e. The maximum atomic E-state index is 12.7. The second-order valence-electron chi connectivity index (χ2n) is 7.15. The second-order valence-corrected chi connectivity index (χ2v) is 7.15. The highest BCUT2D eigenvalue weighted by molar-refractivity contribution is 6.06. The van der Waals surface area contributed by atoms with Crippen LogP contribution in [0.1, 0.15) is 29.6 Å². The molecule has 1 aliphatic rings. The van der Waals surface area contributed by atoms with Gasteiger partial charge in [0.2, 0.25) is 0 Å². The van der Waals surface area contributed by atoms with Crippen LogP contribution < -0.4 is 10.2 Å². The minimum atomic E-state index is -0.312. The van der Waals surface area contributed by atoms with Crippen molar-refractivity contribution in [2.45, 2.75) is 19.3 Å². The summed E-state index contributed by atoms with van der Waals surface area (Å²) in [6, 6.07) is 23.0. The topological polar surface area (TPSA) is 52.6 Å². The summed E-state index contributed by atoms with van der Waals surface area (Å²) in [5, 5.41) is 13.3. The average molecular weight is 372 g/mol. The molecule has 0 atom stereocenters. The number of nitrogens with one attached hydrogen (secondary N) is 1. The Morgan fingerprint density at radius 3 is 2.32 bits per heavy atom. The van der Waals surface area contributed by atoms with E-state index in [0.717, 1.165) is 29.9 Å². The molecule has 2 N–H and O–H groups in total. The number of phenolic OH excluding ortho intramolecular Hbond substituents is 1. The Labute approximate surface area is 165 Å². The SMILES string of the molecule is O=C(Nc1cccc(-c2ccccc2)c1)c1ccc(N2CCCCC2)cc1O. The van der Waals surface area contributed by atoms with Gasteiger partial charge in [-0.25, -0.2) is 0 Å². The first-order chi connectivity index (χ1) is 13.7. The molecule has 3 aromatic rings. The standard InChI is InChI=1S/C24H24N2O2/c27-23-17-21(26-14-5-2-6-15-26)12-13-22(23)24(28)25-20-11-7-10-19(16-20)18-8-3-1-4-9-18/h1,3-4,7-13,16-17,27H,2,5-6,14-15H2,(H,25,28). The molecule has 0 radical (unpaired) electrons. The van der Waals surface area contributed by atoms with Gasteiger partial charge in [-0.1, -0.05) is 42.5 Å². The summed E-state index contributed by atoms with van der Waals surface area (Å²) in [6.45, 7) is 1.99. The lowest BCUT2D eigenvalue weighted by Crippen LogP contribution is -2.29. The van der Waals surface area contributed by atoms with E-state index in [9.17, 15) is 9.90 Å². The summed E-state index contributed by atoms with van der Waals surface area (Å²) >= 11 is 0. The van der Waals surface area contributed by atoms with E-state index >= 15 is 0 Å². The lowest BCUT2D eigenvalue weighted by atomic mass is 10.0. The Morgan fingerprint density at radius 2 is 1.57 bits per heavy atom. The fraction of sp³-hybridized carbons (Fsp3) is 0.208. The number of benzene rings is 3. The van der Waals surface area contributed by atoms with Gasteiger partial charge in [-0.15, -0.1) is 0 Å². The van der Waals surface area contributed by atoms with Gasteiger partial charge in [-0.2, -0.15) is 0 Å². The summed E-state index contributed by atoms with van der Waals surface area (Å²) in [5.41, 5.74) is 4.08. The van der Waals surface area contributed by atoms with Gasteiger partial charge in [0, 0.05) is 30.5 Å². The highest BCUT2D eigenvalue weighted by atomic mass is 16.3. The zero-order valence-electron chi connectivity index (χ0n) is 15.8. The predicted octanol–water partition coefficient (Wildman–Crippen LogP) is 5.30. The number of aromatic hydroxyl groups is 1. The van der Waals surface area contributed by atoms with Crippen molar-refractivity contribution < 1.29 is 9.90 Å². The number of piperidine rings is 1. The first kappa shape index (κ1) is 18.1. The van der Waals surface area contributed by atoms with E-state index in [0.29, 0.717) is 5.69 Å². The zero-order chi connectivity index (χ0) is 19.3. The number of anilines is 2. The molecule has 0 saturated carbocycles. The van der Waals surface area contributed by atoms with Crippen LogP contribution in [0.2, 0.25) is 0 Å². The summed E-state index contributed by atoms with van der Waals surface area (Å²) < 4.78 is 0. The maximum absolute atomic E-state index is 12.7. The van der Waals surface area contributed by atoms with Crippen LogP contribution in [0.3, 0.4) is 0 Å². The third-order valence-electron chi connectivity index (χ3n) is 5.17. The summed E-state index contributed by atoms with van der Waals surface area (Å²) in [4.78, 5) is 14.9. The van der Waals surface area contributed by atoms with Gasteiger partial charge in [0.05, 0.1) is 5.56 Å². The fourth-order valence-corrected chi connectivity index (χ4v) is 3.67. The monoisotopic (exact) mass is 372 g/mol. The molecule has 0 bridgehead atoms. The lowest BCUT2D eigenvalue weighted by Gasteiger charge is -2.29. The Kier molecular flexibility index (Phi) is 5.29. The van der Waals surface area contributed by atoms with Crippen LogP contribution in [0.5, 0.6) is 5.75 Å². The summed E-state index contributed by atoms with van der Waals surface area (Å²) in [5.74, 6) is -0.298. The van der Waals surface area contributed by atoms with E-state index in [1.165, 1.54) is 19.3 Å². The molecule has 0 aromatic heterocycles. The van der Waals surface area contributed by atoms with Crippen molar-refractivity contribution in [3.8, 4) is 16.9 Å². The van der Waals surface area contributed by atoms with E-state index in [1.54, 1.807) is 12.1 Å². The maximum Gasteiger partial charge on any atom is 0.259 e. The van der Waals surface area contributed by atoms with E-state index in [-0.39, 0.29) is 17.2 Å². The van der Waals surface area contributed by atoms with Crippen LogP contribution in [-0.2, 0) is 0 Å². The highest BCUT2D eigenvalue weighted by Gasteiger charge is 2.16. The number of nitrogens with zero attached hydrogens (tertiary/aromatic N) is 1. The molecule has 0 unspecified atom stereocenters. The van der Waals surface area contributed by atoms with Gasteiger partial charge in [-0.3, -0.25) is 4.79 Å². The highest BCUT2D eigenvalue weighted by Crippen LogP contribution is 2.28. The molecule has 1 aliphatic heterocycles. The Balaban J connectivity index is 1.51. The van der Waals surface area contributed by atoms with E-state index in [4.69, 9.17) is 0 Å². The van der Waals surface area contributed by atoms with Gasteiger partial charge in [0.15, 0.2) is 0 Å². The number of carbonyl (C=O) groups excluding carboxylic acids is 1. The average Bonchev–Trinajstić information content (AvgIpc) is 2.75. The van der Waals surface area contributed by atoms with Gasteiger partial charge >= 0.3 is 0 Å². The van der Waals surface area contributed by atoms with Gasteiger partial charge in [-0.05, 0) is 54.7 Å². The zero-order valence-corrected chi connectivity index (χ0v) is 15.8. The number of phenols is 1. The molecular formula is C24H24N2O2. The number of carbonyl (C=O) groups is 1. The molecular weight excluding hydrogens is 348 g/mol. The van der Waals surface area contributed by atoms with Crippen molar-refractivity contribution in [2.24, 2.45) is 0 Å². The normalized spacial score (nSPS) is 13.9. The molecule has 142 valence electrons. The fourth-order valence-electron chi connectivity index (χ4n) is 3.67. The van der Waals surface area contributed by atoms with Crippen LogP contribution in [0, 0.1) is 0 Å². The number of hydrogen-bond acceptors (Lipinski definition) is 3. The number of rotatable bonds is 4. The van der Waals surface area contributed by atoms with Gasteiger partial charge < -0.3 is 15.3 Å². The molecule has 4 heteroatoms. The Hall–Kier alpha value is -3.27. The van der Waals surface area contributed by atoms with Crippen molar-refractivity contribution in [3.05, 3.63) is 78.4 Å². The molecule has 1 fully saturated rings. The predicted molar refractivity (Wildman–Crippen MR) is 114 cm³/mol. The minimum absolute atomic E-state index is 0.0137. The number of hydrogen-bond donors (Lipinski definition) is 2. The molecule has 4 nitrogen and oxygen atoms in total. The molecule has 3 aromatic carbocycles. The first-order valence-corrected chi connectivity index (χ1v) is 9.75. The summed E-state index contributed by atoms with van der Waals surface area (Å²) in [6.07, 6.45) is 3.59. The lowest BCUT2D eigenvalue weighted by molar-refractivity contribution is 0.102. The second kappa shape index (κ2) is 8.17. The first-order valence-electron chi connectivity index (χ1n) is 9.75. The molecule has 0 aliphatic carbocycles. The largest absolute Gasteiger partial charge is 0.507 e. The van der Waals surface area contributed by atoms with Crippen LogP contribution in [0.4, 0.5) is 11.4 Å². The molecule has 4 rings (SSSR count). The third kappa shape index (κ3) is 4.01. The summed E-state index contributed by atoms with van der Waals surface area (Å²) in [7, 11) is 0. The molecule has 1 heterocycles. The van der Waals surface area contributed by atoms with Crippen LogP contribution in [0.15, 0.2) is 72.8 Å². The van der Waals surface area contributed by atoms with E-state index < -0.39 is 0 Å². The number of amides is 1. The van der Waals surface area contributed by atoms with Gasteiger partial charge in [0.25, 0.3) is 5.91 Å². The molecule has 1 amide bonds. The Morgan fingerprint density at radius 1 is 0.821 bits per heavy atom. The van der Waals surface area contributed by atoms with Crippen LogP contribution in [-0.4, -0.2) is 24.1 Å². The molecule has 28 heavy (non-hydrogen) atoms. The van der Waals surface area contributed by atoms with E-state index in [2.05, 4.69) is 10.2 Å². The van der Waals surface area contributed by atoms with Crippen LogP contribution in [0.25, 0.3) is 11.1 Å². The van der Waals surface area contributed by atoms with Crippen molar-refractivity contribution >= 4 is 17.3 Å². The quantitative estimate of drug-likeness (QED) is 0.653. The van der Waals surface area contributed by atoms with E-state index in [1.807, 2.05) is 60.7 Å². The van der Waals surface area contributed by atoms with Crippen LogP contribution >= 0.6 is 0 Å². The molecule has 1 saturated heterocycles. The van der Waals surface area contributed by atoms with Crippen molar-refractivity contribution in [2.75, 3.05) is 23.3 Å². The van der Waals surface area contributed by atoms with Crippen molar-refractivity contribution in [3.63, 3.8) is 0 Å². The Bertz CT molecular complexity index is 963. The van der Waals surface area contributed by atoms with Crippen molar-refractivity contribution in [1.82, 2.24) is 0 Å². The molecule has 0 spiro atoms. The van der Waals surface area contributed by atoms with Gasteiger partial charge in [0.1, 0.15) is 5.75 Å². The third-order valence-corrected chi connectivity index (χ3v) is 5.17. The van der Waals surface area contributed by atoms with Crippen molar-refractivity contribution in [1.29, 1.82) is 0 Å².